The highest BCUT2D eigenvalue weighted by Crippen LogP contribution is 2.44. The van der Waals surface area contributed by atoms with Crippen molar-refractivity contribution in [2.45, 2.75) is 0 Å². The zero-order valence-electron chi connectivity index (χ0n) is 11.4. The Morgan fingerprint density at radius 1 is 0.955 bits per heavy atom. The number of ether oxygens (including phenoxy) is 1. The molecule has 1 N–H and O–H groups in total. The molecule has 9 heteroatoms. The zero-order chi connectivity index (χ0) is 16.2. The molecule has 0 saturated carbocycles. The maximum absolute atomic E-state index is 11.9. The van der Waals surface area contributed by atoms with Gasteiger partial charge in [-0.3, -0.25) is 15.0 Å². The van der Waals surface area contributed by atoms with E-state index in [1.165, 1.54) is 31.4 Å². The molecule has 0 spiro atoms. The summed E-state index contributed by atoms with van der Waals surface area (Å²) in [7, 11) is -2.92. The molecule has 2 rings (SSSR count). The van der Waals surface area contributed by atoms with Crippen molar-refractivity contribution in [3.8, 4) is 17.2 Å². The Hall–Kier alpha value is -2.57. The van der Waals surface area contributed by atoms with Crippen LogP contribution in [0.1, 0.15) is 0 Å². The lowest BCUT2D eigenvalue weighted by atomic mass is 10.3. The SMILES string of the molecule is COc1ccc(OP(=O)(O)Oc2ccc([N+](=O)[O-])cc2)cc1. The number of rotatable bonds is 6. The lowest BCUT2D eigenvalue weighted by Gasteiger charge is -2.13. The van der Waals surface area contributed by atoms with E-state index in [1.807, 2.05) is 0 Å². The van der Waals surface area contributed by atoms with Crippen LogP contribution in [0.2, 0.25) is 0 Å². The molecule has 0 heterocycles. The lowest BCUT2D eigenvalue weighted by Crippen LogP contribution is -2.00. The maximum atomic E-state index is 11.9. The Kier molecular flexibility index (Phi) is 4.65. The summed E-state index contributed by atoms with van der Waals surface area (Å²) in [5.41, 5.74) is -0.156. The zero-order valence-corrected chi connectivity index (χ0v) is 12.3. The van der Waals surface area contributed by atoms with Crippen LogP contribution in [0.4, 0.5) is 5.69 Å². The van der Waals surface area contributed by atoms with Gasteiger partial charge in [0, 0.05) is 12.1 Å². The molecule has 0 saturated heterocycles. The van der Waals surface area contributed by atoms with E-state index in [2.05, 4.69) is 0 Å². The molecule has 22 heavy (non-hydrogen) atoms. The number of methoxy groups -OCH3 is 1. The van der Waals surface area contributed by atoms with Crippen LogP contribution in [0.15, 0.2) is 48.5 Å². The third kappa shape index (κ3) is 4.21. The van der Waals surface area contributed by atoms with Gasteiger partial charge in [0.05, 0.1) is 12.0 Å². The second-order valence-corrected chi connectivity index (χ2v) is 5.38. The highest BCUT2D eigenvalue weighted by molar-refractivity contribution is 7.48. The molecule has 0 aliphatic carbocycles. The van der Waals surface area contributed by atoms with Crippen molar-refractivity contribution in [2.24, 2.45) is 0 Å². The number of nitro benzene ring substituents is 1. The standard InChI is InChI=1S/C13H12NO7P/c1-19-11-6-8-13(9-7-11)21-22(17,18)20-12-4-2-10(3-5-12)14(15)16/h2-9H,1H3,(H,17,18). The van der Waals surface area contributed by atoms with Crippen LogP contribution < -0.4 is 13.8 Å². The highest BCUT2D eigenvalue weighted by atomic mass is 31.2. The summed E-state index contributed by atoms with van der Waals surface area (Å²) in [6.07, 6.45) is 0. The molecule has 2 aromatic carbocycles. The van der Waals surface area contributed by atoms with Crippen molar-refractivity contribution in [1.82, 2.24) is 0 Å². The van der Waals surface area contributed by atoms with E-state index in [4.69, 9.17) is 13.8 Å². The number of hydrogen-bond acceptors (Lipinski definition) is 6. The number of phosphoric acid groups is 1. The fraction of sp³-hybridized carbons (Fsp3) is 0.0769. The van der Waals surface area contributed by atoms with Crippen LogP contribution in [0, 0.1) is 10.1 Å². The van der Waals surface area contributed by atoms with Crippen molar-refractivity contribution >= 4 is 13.5 Å². The van der Waals surface area contributed by atoms with Crippen molar-refractivity contribution in [2.75, 3.05) is 7.11 Å². The van der Waals surface area contributed by atoms with Crippen molar-refractivity contribution < 1.29 is 28.2 Å². The van der Waals surface area contributed by atoms with Gasteiger partial charge in [0.1, 0.15) is 17.2 Å². The topological polar surface area (TPSA) is 108 Å². The van der Waals surface area contributed by atoms with Gasteiger partial charge < -0.3 is 13.8 Å². The summed E-state index contributed by atoms with van der Waals surface area (Å²) in [6, 6.07) is 10.7. The van der Waals surface area contributed by atoms with Gasteiger partial charge in [0.25, 0.3) is 5.69 Å². The van der Waals surface area contributed by atoms with E-state index >= 15 is 0 Å². The summed E-state index contributed by atoms with van der Waals surface area (Å²) in [5, 5.41) is 10.5. The minimum atomic E-state index is -4.41. The molecular weight excluding hydrogens is 313 g/mol. The Bertz CT molecular complexity index is 699. The first-order chi connectivity index (χ1) is 10.4. The highest BCUT2D eigenvalue weighted by Gasteiger charge is 2.25. The fourth-order valence-electron chi connectivity index (χ4n) is 1.55. The Labute approximate surface area is 125 Å². The van der Waals surface area contributed by atoms with Gasteiger partial charge in [-0.1, -0.05) is 0 Å². The molecule has 0 aliphatic heterocycles. The van der Waals surface area contributed by atoms with Crippen LogP contribution in [0.25, 0.3) is 0 Å². The van der Waals surface area contributed by atoms with Gasteiger partial charge in [0.2, 0.25) is 0 Å². The summed E-state index contributed by atoms with van der Waals surface area (Å²) < 4.78 is 26.5. The number of hydrogen-bond donors (Lipinski definition) is 1. The number of benzene rings is 2. The van der Waals surface area contributed by atoms with Crippen LogP contribution in [-0.2, 0) is 4.57 Å². The van der Waals surface area contributed by atoms with E-state index in [-0.39, 0.29) is 17.2 Å². The molecule has 0 bridgehead atoms. The number of nitrogens with zero attached hydrogens (tertiary/aromatic N) is 1. The van der Waals surface area contributed by atoms with E-state index in [9.17, 15) is 19.6 Å². The Morgan fingerprint density at radius 2 is 1.36 bits per heavy atom. The van der Waals surface area contributed by atoms with E-state index < -0.39 is 12.7 Å². The third-order valence-corrected chi connectivity index (χ3v) is 3.43. The molecule has 0 radical (unpaired) electrons. The average molecular weight is 325 g/mol. The predicted octanol–water partition coefficient (Wildman–Crippen LogP) is 3.16. The molecule has 1 unspecified atom stereocenters. The lowest BCUT2D eigenvalue weighted by molar-refractivity contribution is -0.384. The first-order valence-electron chi connectivity index (χ1n) is 6.00. The van der Waals surface area contributed by atoms with Crippen molar-refractivity contribution in [3.63, 3.8) is 0 Å². The van der Waals surface area contributed by atoms with Gasteiger partial charge in [-0.15, -0.1) is 0 Å². The maximum Gasteiger partial charge on any atom is 0.584 e. The molecule has 116 valence electrons. The first-order valence-corrected chi connectivity index (χ1v) is 7.50. The normalized spacial score (nSPS) is 13.0. The molecule has 0 aliphatic rings. The van der Waals surface area contributed by atoms with E-state index in [0.29, 0.717) is 5.75 Å². The quantitative estimate of drug-likeness (QED) is 0.493. The fourth-order valence-corrected chi connectivity index (χ4v) is 2.36. The minimum absolute atomic E-state index is 0.0232. The number of nitro groups is 1. The first kappa shape index (κ1) is 15.8. The number of non-ortho nitro benzene ring substituents is 1. The third-order valence-electron chi connectivity index (χ3n) is 2.55. The summed E-state index contributed by atoms with van der Waals surface area (Å²) in [4.78, 5) is 19.6. The molecule has 1 atom stereocenters. The molecule has 2 aromatic rings. The molecule has 0 amide bonds. The monoisotopic (exact) mass is 325 g/mol. The van der Waals surface area contributed by atoms with Crippen molar-refractivity contribution in [3.05, 3.63) is 58.6 Å². The minimum Gasteiger partial charge on any atom is -0.497 e. The smallest absolute Gasteiger partial charge is 0.497 e. The largest absolute Gasteiger partial charge is 0.584 e. The average Bonchev–Trinajstić information content (AvgIpc) is 2.47. The van der Waals surface area contributed by atoms with Gasteiger partial charge in [-0.05, 0) is 36.4 Å². The summed E-state index contributed by atoms with van der Waals surface area (Å²) >= 11 is 0. The second-order valence-electron chi connectivity index (χ2n) is 4.08. The molecule has 8 nitrogen and oxygen atoms in total. The molecule has 0 fully saturated rings. The van der Waals surface area contributed by atoms with Crippen LogP contribution in [0.3, 0.4) is 0 Å². The van der Waals surface area contributed by atoms with Gasteiger partial charge in [-0.25, -0.2) is 4.57 Å². The molecule has 0 aromatic heterocycles. The second kappa shape index (κ2) is 6.46. The van der Waals surface area contributed by atoms with Gasteiger partial charge >= 0.3 is 7.82 Å². The Balaban J connectivity index is 2.06. The van der Waals surface area contributed by atoms with Crippen LogP contribution >= 0.6 is 7.82 Å². The predicted molar refractivity (Wildman–Crippen MR) is 77.2 cm³/mol. The van der Waals surface area contributed by atoms with Crippen LogP contribution in [-0.4, -0.2) is 16.9 Å². The van der Waals surface area contributed by atoms with Gasteiger partial charge in [0.15, 0.2) is 0 Å². The molecular formula is C13H12NO7P. The van der Waals surface area contributed by atoms with Crippen molar-refractivity contribution in [1.29, 1.82) is 0 Å². The van der Waals surface area contributed by atoms with Gasteiger partial charge in [-0.2, -0.15) is 0 Å². The summed E-state index contributed by atoms with van der Waals surface area (Å²) in [5.74, 6) is 0.662. The number of phosphoric ester groups is 1. The Morgan fingerprint density at radius 3 is 1.77 bits per heavy atom. The van der Waals surface area contributed by atoms with E-state index in [1.54, 1.807) is 12.1 Å². The van der Waals surface area contributed by atoms with E-state index in [0.717, 1.165) is 12.1 Å². The van der Waals surface area contributed by atoms with Crippen LogP contribution in [0.5, 0.6) is 17.2 Å². The summed E-state index contributed by atoms with van der Waals surface area (Å²) in [6.45, 7) is 0.